The lowest BCUT2D eigenvalue weighted by molar-refractivity contribution is 0.282. The first-order chi connectivity index (χ1) is 9.13. The molecule has 2 aromatic heterocycles. The fourth-order valence-corrected chi connectivity index (χ4v) is 1.99. The Labute approximate surface area is 112 Å². The third-order valence-corrected chi connectivity index (χ3v) is 2.94. The Kier molecular flexibility index (Phi) is 4.16. The fraction of sp³-hybridized carbons (Fsp3) is 0.583. The molecule has 0 saturated carbocycles. The van der Waals surface area contributed by atoms with Gasteiger partial charge in [0.05, 0.1) is 6.33 Å². The number of rotatable bonds is 6. The van der Waals surface area contributed by atoms with Gasteiger partial charge in [-0.1, -0.05) is 0 Å². The smallest absolute Gasteiger partial charge is 0.224 e. The summed E-state index contributed by atoms with van der Waals surface area (Å²) < 4.78 is 1.98. The average molecular weight is 264 g/mol. The molecule has 2 heterocycles. The van der Waals surface area contributed by atoms with Crippen molar-refractivity contribution >= 4 is 22.9 Å². The van der Waals surface area contributed by atoms with E-state index >= 15 is 0 Å². The summed E-state index contributed by atoms with van der Waals surface area (Å²) in [5, 5.41) is 8.77. The Bertz CT molecular complexity index is 550. The SMILES string of the molecule is CN(C)c1nc(N)nc2c1ncn2CCCCCO. The van der Waals surface area contributed by atoms with Gasteiger partial charge in [-0.3, -0.25) is 0 Å². The van der Waals surface area contributed by atoms with Crippen molar-refractivity contribution in [2.45, 2.75) is 25.8 Å². The van der Waals surface area contributed by atoms with Gasteiger partial charge >= 0.3 is 0 Å². The zero-order valence-electron chi connectivity index (χ0n) is 11.4. The van der Waals surface area contributed by atoms with Crippen LogP contribution in [0.5, 0.6) is 0 Å². The van der Waals surface area contributed by atoms with E-state index in [0.717, 1.165) is 42.8 Å². The maximum atomic E-state index is 8.77. The molecule has 0 aliphatic rings. The van der Waals surface area contributed by atoms with E-state index in [1.54, 1.807) is 6.33 Å². The quantitative estimate of drug-likeness (QED) is 0.744. The lowest BCUT2D eigenvalue weighted by Crippen LogP contribution is -2.13. The van der Waals surface area contributed by atoms with Crippen LogP contribution in [0.3, 0.4) is 0 Å². The number of aliphatic hydroxyl groups excluding tert-OH is 1. The van der Waals surface area contributed by atoms with Gasteiger partial charge in [-0.2, -0.15) is 9.97 Å². The predicted molar refractivity (Wildman–Crippen MR) is 75.0 cm³/mol. The molecule has 0 aliphatic carbocycles. The van der Waals surface area contributed by atoms with Gasteiger partial charge in [0.25, 0.3) is 0 Å². The van der Waals surface area contributed by atoms with E-state index in [1.807, 2.05) is 23.6 Å². The molecule has 3 N–H and O–H groups in total. The molecule has 0 atom stereocenters. The summed E-state index contributed by atoms with van der Waals surface area (Å²) in [6, 6.07) is 0. The van der Waals surface area contributed by atoms with Crippen molar-refractivity contribution in [1.82, 2.24) is 19.5 Å². The molecule has 0 unspecified atom stereocenters. The van der Waals surface area contributed by atoms with Crippen molar-refractivity contribution in [1.29, 1.82) is 0 Å². The molecular weight excluding hydrogens is 244 g/mol. The number of nitrogen functional groups attached to an aromatic ring is 1. The van der Waals surface area contributed by atoms with Crippen LogP contribution in [-0.2, 0) is 6.54 Å². The zero-order valence-corrected chi connectivity index (χ0v) is 11.4. The van der Waals surface area contributed by atoms with E-state index < -0.39 is 0 Å². The molecule has 0 aromatic carbocycles. The van der Waals surface area contributed by atoms with Crippen LogP contribution in [0, 0.1) is 0 Å². The van der Waals surface area contributed by atoms with Crippen molar-refractivity contribution in [2.24, 2.45) is 0 Å². The number of aliphatic hydroxyl groups is 1. The van der Waals surface area contributed by atoms with Crippen molar-refractivity contribution in [3.05, 3.63) is 6.33 Å². The highest BCUT2D eigenvalue weighted by Gasteiger charge is 2.13. The van der Waals surface area contributed by atoms with Gasteiger partial charge in [0.15, 0.2) is 17.0 Å². The summed E-state index contributed by atoms with van der Waals surface area (Å²) in [7, 11) is 3.81. The number of unbranched alkanes of at least 4 members (excludes halogenated alkanes) is 2. The molecule has 0 amide bonds. The summed E-state index contributed by atoms with van der Waals surface area (Å²) in [4.78, 5) is 14.7. The van der Waals surface area contributed by atoms with Crippen LogP contribution in [0.15, 0.2) is 6.33 Å². The third kappa shape index (κ3) is 2.93. The summed E-state index contributed by atoms with van der Waals surface area (Å²) >= 11 is 0. The molecule has 19 heavy (non-hydrogen) atoms. The number of nitrogens with two attached hydrogens (primary N) is 1. The standard InChI is InChI=1S/C12H20N6O/c1-17(2)10-9-11(16-12(13)15-10)18(8-14-9)6-4-3-5-7-19/h8,19H,3-7H2,1-2H3,(H2,13,15,16). The minimum Gasteiger partial charge on any atom is -0.396 e. The normalized spacial score (nSPS) is 11.1. The minimum absolute atomic E-state index is 0.241. The van der Waals surface area contributed by atoms with E-state index in [2.05, 4.69) is 15.0 Å². The van der Waals surface area contributed by atoms with Crippen LogP contribution in [-0.4, -0.2) is 45.3 Å². The monoisotopic (exact) mass is 264 g/mol. The highest BCUT2D eigenvalue weighted by atomic mass is 16.2. The van der Waals surface area contributed by atoms with Gasteiger partial charge in [0, 0.05) is 27.2 Å². The maximum Gasteiger partial charge on any atom is 0.224 e. The van der Waals surface area contributed by atoms with Crippen molar-refractivity contribution in [2.75, 3.05) is 31.3 Å². The number of fused-ring (bicyclic) bond motifs is 1. The highest BCUT2D eigenvalue weighted by molar-refractivity contribution is 5.84. The molecular formula is C12H20N6O. The number of hydrogen-bond acceptors (Lipinski definition) is 6. The molecule has 2 rings (SSSR count). The fourth-order valence-electron chi connectivity index (χ4n) is 1.99. The minimum atomic E-state index is 0.241. The number of hydrogen-bond donors (Lipinski definition) is 2. The van der Waals surface area contributed by atoms with E-state index in [9.17, 15) is 0 Å². The molecule has 2 aromatic rings. The Morgan fingerprint density at radius 1 is 1.26 bits per heavy atom. The summed E-state index contributed by atoms with van der Waals surface area (Å²) in [6.45, 7) is 1.06. The molecule has 0 spiro atoms. The highest BCUT2D eigenvalue weighted by Crippen LogP contribution is 2.22. The largest absolute Gasteiger partial charge is 0.396 e. The Hall–Kier alpha value is -1.89. The third-order valence-electron chi connectivity index (χ3n) is 2.94. The molecule has 0 fully saturated rings. The van der Waals surface area contributed by atoms with Crippen LogP contribution in [0.25, 0.3) is 11.2 Å². The predicted octanol–water partition coefficient (Wildman–Crippen LogP) is 0.637. The Morgan fingerprint density at radius 2 is 2.05 bits per heavy atom. The first-order valence-corrected chi connectivity index (χ1v) is 6.40. The topological polar surface area (TPSA) is 93.1 Å². The second-order valence-electron chi connectivity index (χ2n) is 4.69. The van der Waals surface area contributed by atoms with E-state index in [1.165, 1.54) is 0 Å². The van der Waals surface area contributed by atoms with Gasteiger partial charge in [0.1, 0.15) is 0 Å². The van der Waals surface area contributed by atoms with E-state index in [4.69, 9.17) is 10.8 Å². The van der Waals surface area contributed by atoms with E-state index in [0.29, 0.717) is 0 Å². The zero-order chi connectivity index (χ0) is 13.8. The van der Waals surface area contributed by atoms with Crippen LogP contribution < -0.4 is 10.6 Å². The van der Waals surface area contributed by atoms with Crippen LogP contribution >= 0.6 is 0 Å². The molecule has 0 bridgehead atoms. The lowest BCUT2D eigenvalue weighted by atomic mass is 10.2. The number of nitrogens with zero attached hydrogens (tertiary/aromatic N) is 5. The van der Waals surface area contributed by atoms with Gasteiger partial charge in [-0.15, -0.1) is 0 Å². The first-order valence-electron chi connectivity index (χ1n) is 6.40. The number of imidazole rings is 1. The van der Waals surface area contributed by atoms with Gasteiger partial charge in [0.2, 0.25) is 5.95 Å². The van der Waals surface area contributed by atoms with Crippen molar-refractivity contribution in [3.63, 3.8) is 0 Å². The van der Waals surface area contributed by atoms with E-state index in [-0.39, 0.29) is 12.6 Å². The Balaban J connectivity index is 2.26. The number of aromatic nitrogens is 4. The second-order valence-corrected chi connectivity index (χ2v) is 4.69. The molecule has 104 valence electrons. The molecule has 7 heteroatoms. The molecule has 0 radical (unpaired) electrons. The van der Waals surface area contributed by atoms with Gasteiger partial charge in [-0.05, 0) is 19.3 Å². The number of aryl methyl sites for hydroxylation is 1. The van der Waals surface area contributed by atoms with Crippen LogP contribution in [0.2, 0.25) is 0 Å². The average Bonchev–Trinajstić information content (AvgIpc) is 2.76. The maximum absolute atomic E-state index is 8.77. The molecule has 7 nitrogen and oxygen atoms in total. The second kappa shape index (κ2) is 5.83. The van der Waals surface area contributed by atoms with Crippen molar-refractivity contribution in [3.8, 4) is 0 Å². The summed E-state index contributed by atoms with van der Waals surface area (Å²) in [6.07, 6.45) is 4.56. The Morgan fingerprint density at radius 3 is 2.74 bits per heavy atom. The molecule has 0 aliphatic heterocycles. The number of anilines is 2. The van der Waals surface area contributed by atoms with Gasteiger partial charge < -0.3 is 20.3 Å². The van der Waals surface area contributed by atoms with Crippen LogP contribution in [0.1, 0.15) is 19.3 Å². The van der Waals surface area contributed by atoms with Gasteiger partial charge in [-0.25, -0.2) is 4.98 Å². The lowest BCUT2D eigenvalue weighted by Gasteiger charge is -2.12. The van der Waals surface area contributed by atoms with Crippen molar-refractivity contribution < 1.29 is 5.11 Å². The van der Waals surface area contributed by atoms with Crippen LogP contribution in [0.4, 0.5) is 11.8 Å². The summed E-state index contributed by atoms with van der Waals surface area (Å²) in [5.74, 6) is 0.991. The molecule has 0 saturated heterocycles. The summed E-state index contributed by atoms with van der Waals surface area (Å²) in [5.41, 5.74) is 7.27. The first kappa shape index (κ1) is 13.5.